The Bertz CT molecular complexity index is 490. The van der Waals surface area contributed by atoms with Gasteiger partial charge in [-0.15, -0.1) is 0 Å². The summed E-state index contributed by atoms with van der Waals surface area (Å²) in [5, 5.41) is 3.51. The number of aryl methyl sites for hydroxylation is 1. The number of likely N-dealkylation sites (N-methyl/N-ethyl adjacent to an activating group) is 1. The minimum absolute atomic E-state index is 0.384. The molecule has 2 aromatic rings. The van der Waals surface area contributed by atoms with Gasteiger partial charge in [-0.05, 0) is 19.7 Å². The molecule has 102 valence electrons. The Balaban J connectivity index is 1.93. The molecule has 1 aromatic heterocycles. The lowest BCUT2D eigenvalue weighted by atomic mass is 10.1. The van der Waals surface area contributed by atoms with Crippen LogP contribution in [-0.2, 0) is 13.6 Å². The quantitative estimate of drug-likeness (QED) is 0.858. The highest BCUT2D eigenvalue weighted by Gasteiger charge is 2.13. The fraction of sp³-hybridized carbons (Fsp3) is 0.400. The number of nitrogens with one attached hydrogen (secondary N) is 1. The van der Waals surface area contributed by atoms with Gasteiger partial charge in [-0.25, -0.2) is 4.98 Å². The number of imidazole rings is 1. The standard InChI is InChI=1S/C15H22N4/c1-18(2)15(13-7-5-4-6-8-13)11-16-9-14-10-17-12-19(14)3/h4-8,10,12,15-16H,9,11H2,1-3H3. The van der Waals surface area contributed by atoms with Crippen LogP contribution in [0.3, 0.4) is 0 Å². The van der Waals surface area contributed by atoms with Crippen molar-refractivity contribution in [1.29, 1.82) is 0 Å². The van der Waals surface area contributed by atoms with Crippen LogP contribution in [-0.4, -0.2) is 35.1 Å². The Hall–Kier alpha value is -1.65. The van der Waals surface area contributed by atoms with Crippen LogP contribution in [0.4, 0.5) is 0 Å². The maximum Gasteiger partial charge on any atom is 0.0945 e. The van der Waals surface area contributed by atoms with Crippen LogP contribution in [0.2, 0.25) is 0 Å². The molecule has 0 spiro atoms. The van der Waals surface area contributed by atoms with E-state index in [0.717, 1.165) is 13.1 Å². The molecule has 0 saturated carbocycles. The van der Waals surface area contributed by atoms with E-state index < -0.39 is 0 Å². The fourth-order valence-electron chi connectivity index (χ4n) is 2.17. The lowest BCUT2D eigenvalue weighted by Gasteiger charge is -2.25. The van der Waals surface area contributed by atoms with Crippen molar-refractivity contribution in [2.24, 2.45) is 7.05 Å². The largest absolute Gasteiger partial charge is 0.337 e. The smallest absolute Gasteiger partial charge is 0.0945 e. The van der Waals surface area contributed by atoms with Gasteiger partial charge in [0.25, 0.3) is 0 Å². The molecule has 0 aliphatic heterocycles. The molecule has 1 atom stereocenters. The highest BCUT2D eigenvalue weighted by molar-refractivity contribution is 5.19. The summed E-state index contributed by atoms with van der Waals surface area (Å²) < 4.78 is 2.04. The van der Waals surface area contributed by atoms with Gasteiger partial charge < -0.3 is 14.8 Å². The van der Waals surface area contributed by atoms with E-state index in [2.05, 4.69) is 59.6 Å². The maximum absolute atomic E-state index is 4.13. The lowest BCUT2D eigenvalue weighted by Crippen LogP contribution is -2.31. The Morgan fingerprint density at radius 3 is 2.58 bits per heavy atom. The van der Waals surface area contributed by atoms with E-state index in [1.165, 1.54) is 11.3 Å². The Labute approximate surface area is 115 Å². The molecule has 0 amide bonds. The Morgan fingerprint density at radius 2 is 2.00 bits per heavy atom. The molecule has 0 aliphatic carbocycles. The topological polar surface area (TPSA) is 33.1 Å². The van der Waals surface area contributed by atoms with Crippen molar-refractivity contribution in [1.82, 2.24) is 19.8 Å². The summed E-state index contributed by atoms with van der Waals surface area (Å²) in [6.07, 6.45) is 3.73. The van der Waals surface area contributed by atoms with Crippen molar-refractivity contribution in [3.8, 4) is 0 Å². The van der Waals surface area contributed by atoms with Crippen molar-refractivity contribution < 1.29 is 0 Å². The zero-order chi connectivity index (χ0) is 13.7. The predicted molar refractivity (Wildman–Crippen MR) is 77.8 cm³/mol. The van der Waals surface area contributed by atoms with E-state index in [1.807, 2.05) is 24.1 Å². The van der Waals surface area contributed by atoms with Crippen LogP contribution >= 0.6 is 0 Å². The van der Waals surface area contributed by atoms with E-state index in [0.29, 0.717) is 6.04 Å². The third-order valence-corrected chi connectivity index (χ3v) is 3.37. The molecule has 0 saturated heterocycles. The van der Waals surface area contributed by atoms with Gasteiger partial charge in [0.05, 0.1) is 12.0 Å². The molecule has 2 rings (SSSR count). The number of hydrogen-bond acceptors (Lipinski definition) is 3. The van der Waals surface area contributed by atoms with Crippen LogP contribution < -0.4 is 5.32 Å². The maximum atomic E-state index is 4.13. The summed E-state index contributed by atoms with van der Waals surface area (Å²) in [6, 6.07) is 11.0. The fourth-order valence-corrected chi connectivity index (χ4v) is 2.17. The van der Waals surface area contributed by atoms with Gasteiger partial charge in [0.15, 0.2) is 0 Å². The monoisotopic (exact) mass is 258 g/mol. The minimum Gasteiger partial charge on any atom is -0.337 e. The van der Waals surface area contributed by atoms with E-state index in [-0.39, 0.29) is 0 Å². The van der Waals surface area contributed by atoms with Gasteiger partial charge >= 0.3 is 0 Å². The van der Waals surface area contributed by atoms with Crippen molar-refractivity contribution in [3.05, 3.63) is 54.1 Å². The normalized spacial score (nSPS) is 12.8. The molecule has 1 N–H and O–H groups in total. The zero-order valence-corrected chi connectivity index (χ0v) is 11.9. The zero-order valence-electron chi connectivity index (χ0n) is 11.9. The Kier molecular flexibility index (Phi) is 4.71. The number of benzene rings is 1. The van der Waals surface area contributed by atoms with Gasteiger partial charge in [-0.2, -0.15) is 0 Å². The molecule has 4 heteroatoms. The molecular formula is C15H22N4. The highest BCUT2D eigenvalue weighted by atomic mass is 15.1. The van der Waals surface area contributed by atoms with E-state index in [1.54, 1.807) is 0 Å². The van der Waals surface area contributed by atoms with Crippen LogP contribution in [0.15, 0.2) is 42.9 Å². The summed E-state index contributed by atoms with van der Waals surface area (Å²) in [5.74, 6) is 0. The van der Waals surface area contributed by atoms with Crippen molar-refractivity contribution >= 4 is 0 Å². The number of aromatic nitrogens is 2. The van der Waals surface area contributed by atoms with E-state index in [9.17, 15) is 0 Å². The lowest BCUT2D eigenvalue weighted by molar-refractivity contribution is 0.288. The van der Waals surface area contributed by atoms with Crippen LogP contribution in [0, 0.1) is 0 Å². The second-order valence-electron chi connectivity index (χ2n) is 5.02. The average molecular weight is 258 g/mol. The van der Waals surface area contributed by atoms with Gasteiger partial charge in [0.2, 0.25) is 0 Å². The number of hydrogen-bond donors (Lipinski definition) is 1. The van der Waals surface area contributed by atoms with Crippen LogP contribution in [0.5, 0.6) is 0 Å². The van der Waals surface area contributed by atoms with Gasteiger partial charge in [0.1, 0.15) is 0 Å². The molecule has 1 aromatic carbocycles. The second-order valence-corrected chi connectivity index (χ2v) is 5.02. The molecule has 4 nitrogen and oxygen atoms in total. The third kappa shape index (κ3) is 3.66. The molecule has 0 aliphatic rings. The van der Waals surface area contributed by atoms with Gasteiger partial charge in [0, 0.05) is 32.4 Å². The van der Waals surface area contributed by atoms with E-state index >= 15 is 0 Å². The molecule has 1 unspecified atom stereocenters. The average Bonchev–Trinajstić information content (AvgIpc) is 2.81. The van der Waals surface area contributed by atoms with Crippen molar-refractivity contribution in [2.45, 2.75) is 12.6 Å². The van der Waals surface area contributed by atoms with Gasteiger partial charge in [-0.3, -0.25) is 0 Å². The SMILES string of the molecule is CN(C)C(CNCc1cncn1C)c1ccccc1. The number of rotatable bonds is 6. The van der Waals surface area contributed by atoms with Crippen molar-refractivity contribution in [2.75, 3.05) is 20.6 Å². The summed E-state index contributed by atoms with van der Waals surface area (Å²) in [7, 11) is 6.25. The molecular weight excluding hydrogens is 236 g/mol. The predicted octanol–water partition coefficient (Wildman–Crippen LogP) is 1.81. The second kappa shape index (κ2) is 6.50. The molecule has 19 heavy (non-hydrogen) atoms. The van der Waals surface area contributed by atoms with Crippen molar-refractivity contribution in [3.63, 3.8) is 0 Å². The van der Waals surface area contributed by atoms with Crippen LogP contribution in [0.25, 0.3) is 0 Å². The first-order valence-electron chi connectivity index (χ1n) is 6.55. The summed E-state index contributed by atoms with van der Waals surface area (Å²) in [6.45, 7) is 1.76. The Morgan fingerprint density at radius 1 is 1.26 bits per heavy atom. The summed E-state index contributed by atoms with van der Waals surface area (Å²) >= 11 is 0. The summed E-state index contributed by atoms with van der Waals surface area (Å²) in [5.41, 5.74) is 2.54. The summed E-state index contributed by atoms with van der Waals surface area (Å²) in [4.78, 5) is 6.37. The molecule has 0 radical (unpaired) electrons. The number of nitrogens with zero attached hydrogens (tertiary/aromatic N) is 3. The van der Waals surface area contributed by atoms with Crippen LogP contribution in [0.1, 0.15) is 17.3 Å². The first-order chi connectivity index (χ1) is 9.18. The first-order valence-corrected chi connectivity index (χ1v) is 6.55. The molecule has 0 fully saturated rings. The molecule has 0 bridgehead atoms. The first kappa shape index (κ1) is 13.8. The third-order valence-electron chi connectivity index (χ3n) is 3.37. The van der Waals surface area contributed by atoms with Gasteiger partial charge in [-0.1, -0.05) is 30.3 Å². The minimum atomic E-state index is 0.384. The molecule has 1 heterocycles. The van der Waals surface area contributed by atoms with E-state index in [4.69, 9.17) is 0 Å². The highest BCUT2D eigenvalue weighted by Crippen LogP contribution is 2.16.